The minimum atomic E-state index is -1.07. The first-order valence-electron chi connectivity index (χ1n) is 4.64. The molecule has 0 amide bonds. The van der Waals surface area contributed by atoms with Crippen molar-refractivity contribution in [1.29, 1.82) is 0 Å². The zero-order chi connectivity index (χ0) is 12.1. The largest absolute Gasteiger partial charge is 0.479 e. The van der Waals surface area contributed by atoms with Gasteiger partial charge in [-0.05, 0) is 19.1 Å². The molecule has 1 aromatic rings. The summed E-state index contributed by atoms with van der Waals surface area (Å²) in [6.45, 7) is 1.41. The monoisotopic (exact) mass is 286 g/mol. The first-order chi connectivity index (χ1) is 7.56. The predicted molar refractivity (Wildman–Crippen MR) is 62.3 cm³/mol. The number of ether oxygens (including phenoxy) is 1. The number of ketones is 1. The number of carboxylic acids is 1. The predicted octanol–water partition coefficient (Wildman–Crippen LogP) is 2.12. The number of para-hydroxylation sites is 1. The van der Waals surface area contributed by atoms with Crippen LogP contribution in [0.25, 0.3) is 0 Å². The lowest BCUT2D eigenvalue weighted by atomic mass is 10.1. The Morgan fingerprint density at radius 3 is 2.62 bits per heavy atom. The number of halogens is 1. The molecule has 86 valence electrons. The highest BCUT2D eigenvalue weighted by atomic mass is 79.9. The van der Waals surface area contributed by atoms with E-state index in [9.17, 15) is 9.59 Å². The number of aliphatic carboxylic acids is 1. The van der Waals surface area contributed by atoms with Crippen LogP contribution in [0.2, 0.25) is 0 Å². The van der Waals surface area contributed by atoms with Gasteiger partial charge in [-0.2, -0.15) is 0 Å². The third-order valence-electron chi connectivity index (χ3n) is 1.96. The first kappa shape index (κ1) is 12.7. The Morgan fingerprint density at radius 1 is 1.44 bits per heavy atom. The van der Waals surface area contributed by atoms with Crippen LogP contribution in [0.1, 0.15) is 17.3 Å². The number of rotatable bonds is 5. The van der Waals surface area contributed by atoms with Crippen molar-refractivity contribution in [3.05, 3.63) is 29.8 Å². The smallest absolute Gasteiger partial charge is 0.344 e. The molecule has 0 aromatic heterocycles. The fraction of sp³-hybridized carbons (Fsp3) is 0.273. The highest BCUT2D eigenvalue weighted by Gasteiger charge is 2.17. The van der Waals surface area contributed by atoms with E-state index in [1.165, 1.54) is 6.92 Å². The summed E-state index contributed by atoms with van der Waals surface area (Å²) in [6, 6.07) is 6.58. The molecule has 1 atom stereocenters. The molecule has 1 rings (SSSR count). The number of Topliss-reactive ketones (excluding diaryl/α,β-unsaturated/α-hetero) is 1. The van der Waals surface area contributed by atoms with E-state index < -0.39 is 12.1 Å². The molecule has 5 heteroatoms. The molecule has 0 aliphatic heterocycles. The zero-order valence-corrected chi connectivity index (χ0v) is 10.2. The molecule has 1 aromatic carbocycles. The highest BCUT2D eigenvalue weighted by Crippen LogP contribution is 2.20. The van der Waals surface area contributed by atoms with Crippen molar-refractivity contribution in [1.82, 2.24) is 0 Å². The van der Waals surface area contributed by atoms with Crippen LogP contribution < -0.4 is 4.74 Å². The average Bonchev–Trinajstić information content (AvgIpc) is 2.28. The molecule has 1 unspecified atom stereocenters. The summed E-state index contributed by atoms with van der Waals surface area (Å²) in [4.78, 5) is 22.1. The Hall–Kier alpha value is -1.36. The van der Waals surface area contributed by atoms with Gasteiger partial charge in [-0.25, -0.2) is 4.79 Å². The van der Waals surface area contributed by atoms with E-state index in [0.29, 0.717) is 11.3 Å². The molecule has 0 saturated carbocycles. The number of hydrogen-bond donors (Lipinski definition) is 1. The van der Waals surface area contributed by atoms with Crippen LogP contribution in [0.15, 0.2) is 24.3 Å². The number of carbonyl (C=O) groups is 2. The lowest BCUT2D eigenvalue weighted by molar-refractivity contribution is -0.144. The number of benzene rings is 1. The van der Waals surface area contributed by atoms with E-state index in [4.69, 9.17) is 9.84 Å². The van der Waals surface area contributed by atoms with Gasteiger partial charge < -0.3 is 9.84 Å². The van der Waals surface area contributed by atoms with Crippen LogP contribution in [0.4, 0.5) is 0 Å². The van der Waals surface area contributed by atoms with Crippen LogP contribution >= 0.6 is 15.9 Å². The van der Waals surface area contributed by atoms with Crippen molar-refractivity contribution in [2.75, 3.05) is 5.33 Å². The van der Waals surface area contributed by atoms with Crippen LogP contribution in [-0.4, -0.2) is 28.3 Å². The second kappa shape index (κ2) is 5.65. The maximum atomic E-state index is 11.5. The van der Waals surface area contributed by atoms with Crippen molar-refractivity contribution in [2.24, 2.45) is 0 Å². The Labute approximate surface area is 101 Å². The van der Waals surface area contributed by atoms with Gasteiger partial charge in [0, 0.05) is 0 Å². The fourth-order valence-electron chi connectivity index (χ4n) is 1.11. The topological polar surface area (TPSA) is 63.6 Å². The Balaban J connectivity index is 2.95. The average molecular weight is 287 g/mol. The molecular weight excluding hydrogens is 276 g/mol. The van der Waals surface area contributed by atoms with Crippen molar-refractivity contribution in [2.45, 2.75) is 13.0 Å². The van der Waals surface area contributed by atoms with Crippen LogP contribution in [-0.2, 0) is 4.79 Å². The molecule has 0 aliphatic rings. The second-order valence-corrected chi connectivity index (χ2v) is 3.71. The lowest BCUT2D eigenvalue weighted by Gasteiger charge is -2.13. The Bertz CT molecular complexity index is 403. The Morgan fingerprint density at radius 2 is 2.06 bits per heavy atom. The normalized spacial score (nSPS) is 11.9. The van der Waals surface area contributed by atoms with Crippen LogP contribution in [0, 0.1) is 0 Å². The van der Waals surface area contributed by atoms with Crippen LogP contribution in [0.3, 0.4) is 0 Å². The van der Waals surface area contributed by atoms with Gasteiger partial charge in [0.2, 0.25) is 0 Å². The van der Waals surface area contributed by atoms with E-state index >= 15 is 0 Å². The summed E-state index contributed by atoms with van der Waals surface area (Å²) >= 11 is 3.06. The molecule has 0 radical (unpaired) electrons. The minimum Gasteiger partial charge on any atom is -0.479 e. The second-order valence-electron chi connectivity index (χ2n) is 3.15. The SMILES string of the molecule is CC(Oc1ccccc1C(=O)CBr)C(=O)O. The van der Waals surface area contributed by atoms with E-state index in [0.717, 1.165) is 0 Å². The first-order valence-corrected chi connectivity index (χ1v) is 5.76. The number of carboxylic acid groups (broad SMARTS) is 1. The zero-order valence-electron chi connectivity index (χ0n) is 8.64. The minimum absolute atomic E-state index is 0.145. The van der Waals surface area contributed by atoms with Gasteiger partial charge in [0.25, 0.3) is 0 Å². The summed E-state index contributed by atoms with van der Waals surface area (Å²) in [5.74, 6) is -0.920. The van der Waals surface area contributed by atoms with Crippen molar-refractivity contribution >= 4 is 27.7 Å². The molecule has 0 fully saturated rings. The van der Waals surface area contributed by atoms with Gasteiger partial charge in [0.05, 0.1) is 10.9 Å². The van der Waals surface area contributed by atoms with Crippen LogP contribution in [0.5, 0.6) is 5.75 Å². The third-order valence-corrected chi connectivity index (χ3v) is 2.47. The van der Waals surface area contributed by atoms with Crippen molar-refractivity contribution in [3.63, 3.8) is 0 Å². The van der Waals surface area contributed by atoms with Gasteiger partial charge in [-0.1, -0.05) is 28.1 Å². The molecule has 1 N–H and O–H groups in total. The summed E-state index contributed by atoms with van der Waals surface area (Å²) in [5.41, 5.74) is 0.382. The van der Waals surface area contributed by atoms with E-state index in [-0.39, 0.29) is 11.1 Å². The van der Waals surface area contributed by atoms with Gasteiger partial charge >= 0.3 is 5.97 Å². The molecular formula is C11H11BrO4. The van der Waals surface area contributed by atoms with Gasteiger partial charge in [-0.15, -0.1) is 0 Å². The molecule has 16 heavy (non-hydrogen) atoms. The van der Waals surface area contributed by atoms with Crippen molar-refractivity contribution < 1.29 is 19.4 Å². The maximum Gasteiger partial charge on any atom is 0.344 e. The number of carbonyl (C=O) groups excluding carboxylic acids is 1. The number of alkyl halides is 1. The van der Waals surface area contributed by atoms with Gasteiger partial charge in [-0.3, -0.25) is 4.79 Å². The number of hydrogen-bond acceptors (Lipinski definition) is 3. The summed E-state index contributed by atoms with van der Waals surface area (Å²) < 4.78 is 5.19. The molecule has 4 nitrogen and oxygen atoms in total. The summed E-state index contributed by atoms with van der Waals surface area (Å²) in [7, 11) is 0. The molecule has 0 spiro atoms. The molecule has 0 bridgehead atoms. The third kappa shape index (κ3) is 3.06. The van der Waals surface area contributed by atoms with Gasteiger partial charge in [0.1, 0.15) is 5.75 Å². The Kier molecular flexibility index (Phi) is 4.49. The van der Waals surface area contributed by atoms with Gasteiger partial charge in [0.15, 0.2) is 11.9 Å². The standard InChI is InChI=1S/C11H11BrO4/c1-7(11(14)15)16-10-5-3-2-4-8(10)9(13)6-12/h2-5,7H,6H2,1H3,(H,14,15). The summed E-state index contributed by atoms with van der Waals surface area (Å²) in [5, 5.41) is 8.89. The summed E-state index contributed by atoms with van der Waals surface area (Å²) in [6.07, 6.45) is -0.982. The highest BCUT2D eigenvalue weighted by molar-refractivity contribution is 9.09. The molecule has 0 saturated heterocycles. The van der Waals surface area contributed by atoms with E-state index in [2.05, 4.69) is 15.9 Å². The van der Waals surface area contributed by atoms with Crippen molar-refractivity contribution in [3.8, 4) is 5.75 Å². The van der Waals surface area contributed by atoms with E-state index in [1.807, 2.05) is 0 Å². The molecule has 0 heterocycles. The fourth-order valence-corrected chi connectivity index (χ4v) is 1.41. The quantitative estimate of drug-likeness (QED) is 0.665. The van der Waals surface area contributed by atoms with E-state index in [1.54, 1.807) is 24.3 Å². The maximum absolute atomic E-state index is 11.5. The lowest BCUT2D eigenvalue weighted by Crippen LogP contribution is -2.23. The molecule has 0 aliphatic carbocycles.